The molecule has 1 aromatic rings. The lowest BCUT2D eigenvalue weighted by Crippen LogP contribution is -2.14. The maximum absolute atomic E-state index is 11.1. The minimum atomic E-state index is -0.594. The summed E-state index contributed by atoms with van der Waals surface area (Å²) in [5, 5.41) is 11.8. The van der Waals surface area contributed by atoms with Gasteiger partial charge in [-0.1, -0.05) is 24.8 Å². The summed E-state index contributed by atoms with van der Waals surface area (Å²) in [4.78, 5) is 11.1. The first-order valence-corrected chi connectivity index (χ1v) is 6.64. The number of hydroxylamine groups is 1. The highest BCUT2D eigenvalue weighted by Gasteiger charge is 2.03. The van der Waals surface area contributed by atoms with Crippen molar-refractivity contribution >= 4 is 17.7 Å². The fourth-order valence-corrected chi connectivity index (χ4v) is 1.65. The van der Waals surface area contributed by atoms with Gasteiger partial charge in [-0.3, -0.25) is 10.0 Å². The van der Waals surface area contributed by atoms with Gasteiger partial charge in [-0.15, -0.1) is 0 Å². The Kier molecular flexibility index (Phi) is 7.22. The summed E-state index contributed by atoms with van der Waals surface area (Å²) >= 11 is 0. The van der Waals surface area contributed by atoms with Crippen LogP contribution in [0.15, 0.2) is 60.9 Å². The maximum Gasteiger partial charge on any atom is 0.267 e. The lowest BCUT2D eigenvalue weighted by molar-refractivity contribution is -0.124. The van der Waals surface area contributed by atoms with Crippen LogP contribution in [-0.4, -0.2) is 18.2 Å². The van der Waals surface area contributed by atoms with Gasteiger partial charge >= 0.3 is 0 Å². The maximum atomic E-state index is 11.1. The highest BCUT2D eigenvalue weighted by Crippen LogP contribution is 2.25. The predicted octanol–water partition coefficient (Wildman–Crippen LogP) is 3.27. The van der Waals surface area contributed by atoms with E-state index < -0.39 is 5.91 Å². The van der Waals surface area contributed by atoms with Crippen LogP contribution < -0.4 is 15.5 Å². The van der Waals surface area contributed by atoms with Crippen LogP contribution in [-0.2, 0) is 4.79 Å². The van der Waals surface area contributed by atoms with Crippen molar-refractivity contribution in [1.29, 1.82) is 0 Å². The van der Waals surface area contributed by atoms with Gasteiger partial charge in [0.2, 0.25) is 0 Å². The van der Waals surface area contributed by atoms with Gasteiger partial charge in [0.05, 0.1) is 7.11 Å². The van der Waals surface area contributed by atoms with Crippen molar-refractivity contribution in [2.24, 2.45) is 0 Å². The van der Waals surface area contributed by atoms with Gasteiger partial charge in [0.25, 0.3) is 5.91 Å². The standard InChI is InChI=1S/C17H20N2O3/c1-4-5-6-7-13(2)18-16-12-15(22-3)10-8-14(16)9-11-17(20)19-21/h4-12,18,21H,1H2,2-3H3,(H,19,20)/b6-5-,11-9+,13-7+. The molecule has 0 saturated carbocycles. The Labute approximate surface area is 130 Å². The second kappa shape index (κ2) is 9.20. The topological polar surface area (TPSA) is 70.6 Å². The summed E-state index contributed by atoms with van der Waals surface area (Å²) in [6.45, 7) is 5.52. The number of carbonyl (C=O) groups excluding carboxylic acids is 1. The van der Waals surface area contributed by atoms with Crippen LogP contribution in [0.2, 0.25) is 0 Å². The number of amides is 1. The molecule has 0 spiro atoms. The normalized spacial score (nSPS) is 11.7. The average Bonchev–Trinajstić information content (AvgIpc) is 2.53. The van der Waals surface area contributed by atoms with E-state index in [0.717, 1.165) is 16.9 Å². The van der Waals surface area contributed by atoms with Crippen molar-refractivity contribution in [2.45, 2.75) is 6.92 Å². The van der Waals surface area contributed by atoms with E-state index in [1.54, 1.807) is 30.8 Å². The molecular weight excluding hydrogens is 280 g/mol. The van der Waals surface area contributed by atoms with Crippen molar-refractivity contribution in [3.63, 3.8) is 0 Å². The number of rotatable bonds is 7. The summed E-state index contributed by atoms with van der Waals surface area (Å²) in [6, 6.07) is 5.43. The Morgan fingerprint density at radius 1 is 1.36 bits per heavy atom. The van der Waals surface area contributed by atoms with E-state index in [0.29, 0.717) is 5.75 Å². The SMILES string of the molecule is C=C/C=C\C=C(/C)Nc1cc(OC)ccc1/C=C/C(=O)NO. The van der Waals surface area contributed by atoms with Crippen molar-refractivity contribution in [2.75, 3.05) is 12.4 Å². The fourth-order valence-electron chi connectivity index (χ4n) is 1.65. The second-order valence-electron chi connectivity index (χ2n) is 4.36. The Hall–Kier alpha value is -2.79. The molecule has 1 rings (SSSR count). The number of ether oxygens (including phenoxy) is 1. The van der Waals surface area contributed by atoms with Crippen molar-refractivity contribution < 1.29 is 14.7 Å². The molecule has 0 aliphatic carbocycles. The third-order valence-electron chi connectivity index (χ3n) is 2.71. The molecule has 0 bridgehead atoms. The molecular formula is C17H20N2O3. The second-order valence-corrected chi connectivity index (χ2v) is 4.36. The van der Waals surface area contributed by atoms with Crippen LogP contribution in [0.25, 0.3) is 6.08 Å². The first-order valence-electron chi connectivity index (χ1n) is 6.64. The van der Waals surface area contributed by atoms with E-state index in [1.165, 1.54) is 6.08 Å². The summed E-state index contributed by atoms with van der Waals surface area (Å²) in [5.74, 6) is 0.101. The van der Waals surface area contributed by atoms with Crippen LogP contribution in [0.5, 0.6) is 5.75 Å². The molecule has 0 atom stereocenters. The van der Waals surface area contributed by atoms with Gasteiger partial charge in [0, 0.05) is 23.5 Å². The monoisotopic (exact) mass is 300 g/mol. The van der Waals surface area contributed by atoms with Gasteiger partial charge in [-0.05, 0) is 36.8 Å². The van der Waals surface area contributed by atoms with Crippen LogP contribution in [0, 0.1) is 0 Å². The number of nitrogens with one attached hydrogen (secondary N) is 2. The third kappa shape index (κ3) is 5.68. The zero-order valence-corrected chi connectivity index (χ0v) is 12.7. The van der Waals surface area contributed by atoms with Gasteiger partial charge in [0.1, 0.15) is 5.75 Å². The summed E-state index contributed by atoms with van der Waals surface area (Å²) in [6.07, 6.45) is 10.1. The van der Waals surface area contributed by atoms with E-state index >= 15 is 0 Å². The lowest BCUT2D eigenvalue weighted by atomic mass is 10.1. The van der Waals surface area contributed by atoms with Crippen molar-refractivity contribution in [3.8, 4) is 5.75 Å². The van der Waals surface area contributed by atoms with Crippen molar-refractivity contribution in [3.05, 3.63) is 66.4 Å². The Morgan fingerprint density at radius 3 is 2.77 bits per heavy atom. The molecule has 5 heteroatoms. The first-order chi connectivity index (χ1) is 10.6. The van der Waals surface area contributed by atoms with Gasteiger partial charge < -0.3 is 10.1 Å². The van der Waals surface area contributed by atoms with E-state index in [1.807, 2.05) is 37.3 Å². The first kappa shape index (κ1) is 17.3. The molecule has 1 aromatic carbocycles. The molecule has 0 fully saturated rings. The van der Waals surface area contributed by atoms with E-state index in [2.05, 4.69) is 11.9 Å². The smallest absolute Gasteiger partial charge is 0.267 e. The van der Waals surface area contributed by atoms with E-state index in [4.69, 9.17) is 9.94 Å². The number of allylic oxidation sites excluding steroid dienone is 5. The third-order valence-corrected chi connectivity index (χ3v) is 2.71. The zero-order chi connectivity index (χ0) is 16.4. The zero-order valence-electron chi connectivity index (χ0n) is 12.7. The van der Waals surface area contributed by atoms with E-state index in [9.17, 15) is 4.79 Å². The number of hydrogen-bond acceptors (Lipinski definition) is 4. The highest BCUT2D eigenvalue weighted by molar-refractivity contribution is 5.92. The average molecular weight is 300 g/mol. The summed E-state index contributed by atoms with van der Waals surface area (Å²) in [5.41, 5.74) is 4.02. The lowest BCUT2D eigenvalue weighted by Gasteiger charge is -2.11. The molecule has 0 aromatic heterocycles. The van der Waals surface area contributed by atoms with Crippen molar-refractivity contribution in [1.82, 2.24) is 5.48 Å². The predicted molar refractivity (Wildman–Crippen MR) is 88.7 cm³/mol. The van der Waals surface area contributed by atoms with Crippen LogP contribution in [0.1, 0.15) is 12.5 Å². The number of benzene rings is 1. The largest absolute Gasteiger partial charge is 0.497 e. The Balaban J connectivity index is 3.05. The summed E-state index contributed by atoms with van der Waals surface area (Å²) in [7, 11) is 1.59. The van der Waals surface area contributed by atoms with Crippen LogP contribution in [0.4, 0.5) is 5.69 Å². The van der Waals surface area contributed by atoms with Crippen LogP contribution >= 0.6 is 0 Å². The van der Waals surface area contributed by atoms with Gasteiger partial charge in [-0.25, -0.2) is 5.48 Å². The molecule has 0 unspecified atom stereocenters. The minimum Gasteiger partial charge on any atom is -0.497 e. The van der Waals surface area contributed by atoms with Gasteiger partial charge in [-0.2, -0.15) is 0 Å². The molecule has 0 radical (unpaired) electrons. The Morgan fingerprint density at radius 2 is 2.14 bits per heavy atom. The molecule has 22 heavy (non-hydrogen) atoms. The fraction of sp³-hybridized carbons (Fsp3) is 0.118. The van der Waals surface area contributed by atoms with Gasteiger partial charge in [0.15, 0.2) is 0 Å². The summed E-state index contributed by atoms with van der Waals surface area (Å²) < 4.78 is 5.21. The number of methoxy groups -OCH3 is 1. The van der Waals surface area contributed by atoms with Crippen LogP contribution in [0.3, 0.4) is 0 Å². The molecule has 5 nitrogen and oxygen atoms in total. The molecule has 0 aliphatic rings. The molecule has 116 valence electrons. The molecule has 0 aliphatic heterocycles. The number of hydrogen-bond donors (Lipinski definition) is 3. The van der Waals surface area contributed by atoms with E-state index in [-0.39, 0.29) is 0 Å². The molecule has 1 amide bonds. The highest BCUT2D eigenvalue weighted by atomic mass is 16.5. The molecule has 0 heterocycles. The quantitative estimate of drug-likeness (QED) is 0.313. The Bertz CT molecular complexity index is 616. The molecule has 3 N–H and O–H groups in total. The minimum absolute atomic E-state index is 0.594. The number of anilines is 1. The molecule has 0 saturated heterocycles. The number of carbonyl (C=O) groups is 1.